The molecule has 6 nitrogen and oxygen atoms in total. The fourth-order valence-electron chi connectivity index (χ4n) is 3.10. The van der Waals surface area contributed by atoms with Crippen molar-refractivity contribution >= 4 is 17.8 Å². The van der Waals surface area contributed by atoms with Gasteiger partial charge >= 0.3 is 12.1 Å². The van der Waals surface area contributed by atoms with Gasteiger partial charge in [0, 0.05) is 18.5 Å². The fourth-order valence-corrected chi connectivity index (χ4v) is 3.10. The van der Waals surface area contributed by atoms with E-state index < -0.39 is 5.97 Å². The van der Waals surface area contributed by atoms with Crippen molar-refractivity contribution in [2.75, 3.05) is 20.3 Å². The Morgan fingerprint density at radius 3 is 2.39 bits per heavy atom. The standard InChI is InChI=1S/C17H29NO5/c1-6-23-15(20)10-14(19)12-7-8-18(16(21)22-5)13(9-12)11-17(2,3)4/h12-13H,6-11H2,1-5H3/t12-,13-/m1/s1. The largest absolute Gasteiger partial charge is 0.466 e. The fraction of sp³-hybridized carbons (Fsp3) is 0.824. The average molecular weight is 327 g/mol. The van der Waals surface area contributed by atoms with Crippen LogP contribution in [0.2, 0.25) is 0 Å². The van der Waals surface area contributed by atoms with Gasteiger partial charge in [0.2, 0.25) is 0 Å². The Hall–Kier alpha value is -1.59. The average Bonchev–Trinajstić information content (AvgIpc) is 2.44. The molecule has 0 unspecified atom stereocenters. The van der Waals surface area contributed by atoms with E-state index in [1.165, 1.54) is 7.11 Å². The van der Waals surface area contributed by atoms with E-state index in [0.717, 1.165) is 6.42 Å². The molecule has 0 radical (unpaired) electrons. The summed E-state index contributed by atoms with van der Waals surface area (Å²) in [6.07, 6.45) is 1.39. The SMILES string of the molecule is CCOC(=O)CC(=O)[C@@H]1CCN(C(=O)OC)[C@@H](CC(C)(C)C)C1. The molecule has 2 atom stereocenters. The number of hydrogen-bond acceptors (Lipinski definition) is 5. The maximum atomic E-state index is 12.3. The molecule has 0 aromatic carbocycles. The van der Waals surface area contributed by atoms with Crippen LogP contribution >= 0.6 is 0 Å². The van der Waals surface area contributed by atoms with Crippen molar-refractivity contribution in [2.45, 2.75) is 59.4 Å². The molecule has 0 N–H and O–H groups in total. The summed E-state index contributed by atoms with van der Waals surface area (Å²) >= 11 is 0. The predicted molar refractivity (Wildman–Crippen MR) is 86.0 cm³/mol. The van der Waals surface area contributed by atoms with Crippen molar-refractivity contribution in [1.29, 1.82) is 0 Å². The maximum absolute atomic E-state index is 12.3. The molecule has 1 rings (SSSR count). The highest BCUT2D eigenvalue weighted by atomic mass is 16.5. The van der Waals surface area contributed by atoms with Gasteiger partial charge in [-0.1, -0.05) is 20.8 Å². The summed E-state index contributed by atoms with van der Waals surface area (Å²) in [5.41, 5.74) is 0.0308. The van der Waals surface area contributed by atoms with E-state index in [1.54, 1.807) is 11.8 Å². The zero-order valence-electron chi connectivity index (χ0n) is 14.9. The van der Waals surface area contributed by atoms with Gasteiger partial charge in [-0.15, -0.1) is 0 Å². The highest BCUT2D eigenvalue weighted by Crippen LogP contribution is 2.33. The molecule has 0 bridgehead atoms. The second-order valence-corrected chi connectivity index (χ2v) is 7.25. The lowest BCUT2D eigenvalue weighted by Crippen LogP contribution is -2.49. The predicted octanol–water partition coefficient (Wildman–Crippen LogP) is 2.79. The molecule has 0 aromatic rings. The van der Waals surface area contributed by atoms with Crippen LogP contribution in [-0.2, 0) is 19.1 Å². The number of amides is 1. The van der Waals surface area contributed by atoms with Crippen LogP contribution < -0.4 is 0 Å². The van der Waals surface area contributed by atoms with Gasteiger partial charge in [-0.3, -0.25) is 9.59 Å². The van der Waals surface area contributed by atoms with Crippen LogP contribution in [0.4, 0.5) is 4.79 Å². The molecule has 23 heavy (non-hydrogen) atoms. The third-order valence-corrected chi connectivity index (χ3v) is 4.05. The number of carbonyl (C=O) groups is 3. The number of nitrogens with zero attached hydrogens (tertiary/aromatic N) is 1. The summed E-state index contributed by atoms with van der Waals surface area (Å²) in [6, 6.07) is -0.0488. The smallest absolute Gasteiger partial charge is 0.409 e. The number of piperidine rings is 1. The van der Waals surface area contributed by atoms with Gasteiger partial charge in [-0.25, -0.2) is 4.79 Å². The van der Waals surface area contributed by atoms with Crippen LogP contribution in [0.3, 0.4) is 0 Å². The number of carbonyl (C=O) groups excluding carboxylic acids is 3. The van der Waals surface area contributed by atoms with Crippen LogP contribution in [0.1, 0.15) is 53.4 Å². The van der Waals surface area contributed by atoms with Crippen molar-refractivity contribution in [3.63, 3.8) is 0 Å². The topological polar surface area (TPSA) is 72.9 Å². The van der Waals surface area contributed by atoms with Crippen molar-refractivity contribution in [2.24, 2.45) is 11.3 Å². The van der Waals surface area contributed by atoms with Crippen LogP contribution in [0.5, 0.6) is 0 Å². The van der Waals surface area contributed by atoms with Gasteiger partial charge in [0.05, 0.1) is 13.7 Å². The first kappa shape index (κ1) is 19.5. The monoisotopic (exact) mass is 327 g/mol. The molecule has 132 valence electrons. The molecular formula is C17H29NO5. The lowest BCUT2D eigenvalue weighted by Gasteiger charge is -2.40. The highest BCUT2D eigenvalue weighted by Gasteiger charge is 2.37. The van der Waals surface area contributed by atoms with Gasteiger partial charge in [-0.05, 0) is 31.6 Å². The zero-order chi connectivity index (χ0) is 17.6. The summed E-state index contributed by atoms with van der Waals surface area (Å²) in [7, 11) is 1.37. The number of ether oxygens (including phenoxy) is 2. The normalized spacial score (nSPS) is 21.7. The molecule has 1 fully saturated rings. The molecule has 1 saturated heterocycles. The van der Waals surface area contributed by atoms with Crippen molar-refractivity contribution < 1.29 is 23.9 Å². The Balaban J connectivity index is 2.75. The molecule has 0 aromatic heterocycles. The molecule has 1 amide bonds. The lowest BCUT2D eigenvalue weighted by atomic mass is 9.79. The van der Waals surface area contributed by atoms with Gasteiger partial charge in [0.1, 0.15) is 12.2 Å². The van der Waals surface area contributed by atoms with E-state index in [9.17, 15) is 14.4 Å². The first-order valence-corrected chi connectivity index (χ1v) is 8.21. The zero-order valence-corrected chi connectivity index (χ0v) is 14.9. The lowest BCUT2D eigenvalue weighted by molar-refractivity contribution is -0.146. The number of likely N-dealkylation sites (tertiary alicyclic amines) is 1. The molecule has 1 heterocycles. The summed E-state index contributed by atoms with van der Waals surface area (Å²) in [6.45, 7) is 8.79. The highest BCUT2D eigenvalue weighted by molar-refractivity contribution is 5.96. The summed E-state index contributed by atoms with van der Waals surface area (Å²) in [5.74, 6) is -0.764. The van der Waals surface area contributed by atoms with Crippen LogP contribution in [0.15, 0.2) is 0 Å². The van der Waals surface area contributed by atoms with Gasteiger partial charge in [-0.2, -0.15) is 0 Å². The summed E-state index contributed by atoms with van der Waals surface area (Å²) < 4.78 is 9.70. The third kappa shape index (κ3) is 6.20. The first-order chi connectivity index (χ1) is 10.7. The van der Waals surface area contributed by atoms with Crippen molar-refractivity contribution in [1.82, 2.24) is 4.90 Å². The Morgan fingerprint density at radius 2 is 1.87 bits per heavy atom. The minimum absolute atomic E-state index is 0.0308. The number of rotatable bonds is 5. The number of methoxy groups -OCH3 is 1. The van der Waals surface area contributed by atoms with Gasteiger partial charge in [0.25, 0.3) is 0 Å². The Kier molecular flexibility index (Phi) is 7.03. The van der Waals surface area contributed by atoms with Gasteiger partial charge in [0.15, 0.2) is 0 Å². The maximum Gasteiger partial charge on any atom is 0.409 e. The molecule has 0 spiro atoms. The first-order valence-electron chi connectivity index (χ1n) is 8.21. The number of Topliss-reactive ketones (excluding diaryl/α,β-unsaturated/α-hetero) is 1. The van der Waals surface area contributed by atoms with Gasteiger partial charge < -0.3 is 14.4 Å². The van der Waals surface area contributed by atoms with Crippen LogP contribution in [0, 0.1) is 11.3 Å². The second-order valence-electron chi connectivity index (χ2n) is 7.25. The summed E-state index contributed by atoms with van der Waals surface area (Å²) in [5, 5.41) is 0. The van der Waals surface area contributed by atoms with E-state index in [-0.39, 0.29) is 42.3 Å². The van der Waals surface area contributed by atoms with E-state index in [4.69, 9.17) is 9.47 Å². The molecule has 0 aliphatic carbocycles. The molecule has 1 aliphatic heterocycles. The number of esters is 1. The third-order valence-electron chi connectivity index (χ3n) is 4.05. The second kappa shape index (κ2) is 8.31. The quantitative estimate of drug-likeness (QED) is 0.573. The number of hydrogen-bond donors (Lipinski definition) is 0. The molecule has 0 saturated carbocycles. The molecular weight excluding hydrogens is 298 g/mol. The van der Waals surface area contributed by atoms with E-state index in [0.29, 0.717) is 19.4 Å². The van der Waals surface area contributed by atoms with E-state index >= 15 is 0 Å². The Morgan fingerprint density at radius 1 is 1.22 bits per heavy atom. The summed E-state index contributed by atoms with van der Waals surface area (Å²) in [4.78, 5) is 37.5. The molecule has 6 heteroatoms. The number of ketones is 1. The Bertz CT molecular complexity index is 441. The van der Waals surface area contributed by atoms with Crippen molar-refractivity contribution in [3.8, 4) is 0 Å². The van der Waals surface area contributed by atoms with E-state index in [2.05, 4.69) is 20.8 Å². The minimum Gasteiger partial charge on any atom is -0.466 e. The minimum atomic E-state index is -0.472. The Labute approximate surface area is 138 Å². The van der Waals surface area contributed by atoms with E-state index in [1.807, 2.05) is 0 Å². The van der Waals surface area contributed by atoms with Crippen LogP contribution in [-0.4, -0.2) is 49.0 Å². The van der Waals surface area contributed by atoms with Crippen LogP contribution in [0.25, 0.3) is 0 Å². The van der Waals surface area contributed by atoms with Crippen molar-refractivity contribution in [3.05, 3.63) is 0 Å². The molecule has 1 aliphatic rings.